The normalized spacial score (nSPS) is 18.4. The fourth-order valence-corrected chi connectivity index (χ4v) is 3.39. The topological polar surface area (TPSA) is 71.2 Å². The van der Waals surface area contributed by atoms with E-state index in [0.717, 1.165) is 23.5 Å². The molecule has 2 N–H and O–H groups in total. The maximum absolute atomic E-state index is 8.77. The minimum atomic E-state index is 0.119. The highest BCUT2D eigenvalue weighted by Gasteiger charge is 2.23. The first kappa shape index (κ1) is 13.5. The van der Waals surface area contributed by atoms with E-state index in [1.165, 1.54) is 12.2 Å². The molecular weight excluding hydrogens is 274 g/mol. The van der Waals surface area contributed by atoms with Gasteiger partial charge >= 0.3 is 0 Å². The monoisotopic (exact) mass is 291 g/mol. The van der Waals surface area contributed by atoms with Gasteiger partial charge in [0.05, 0.1) is 11.9 Å². The number of aromatic nitrogens is 2. The first-order chi connectivity index (χ1) is 9.86. The van der Waals surface area contributed by atoms with Crippen LogP contribution in [0.2, 0.25) is 0 Å². The molecular formula is C14H17N3O2S. The second-order valence-electron chi connectivity index (χ2n) is 4.69. The van der Waals surface area contributed by atoms with E-state index in [1.54, 1.807) is 0 Å². The Morgan fingerprint density at radius 3 is 2.90 bits per heavy atom. The van der Waals surface area contributed by atoms with Crippen molar-refractivity contribution in [3.05, 3.63) is 30.1 Å². The predicted octanol–water partition coefficient (Wildman–Crippen LogP) is 2.71. The van der Waals surface area contributed by atoms with Gasteiger partial charge in [0.25, 0.3) is 5.89 Å². The first-order valence-electron chi connectivity index (χ1n) is 6.77. The van der Waals surface area contributed by atoms with E-state index in [9.17, 15) is 0 Å². The fraction of sp³-hybridized carbons (Fsp3) is 0.429. The van der Waals surface area contributed by atoms with Gasteiger partial charge in [0.1, 0.15) is 0 Å². The van der Waals surface area contributed by atoms with Crippen LogP contribution in [-0.4, -0.2) is 34.2 Å². The molecule has 6 heteroatoms. The summed E-state index contributed by atoms with van der Waals surface area (Å²) >= 11 is 1.90. The van der Waals surface area contributed by atoms with Crippen LogP contribution in [0, 0.1) is 0 Å². The Balaban J connectivity index is 1.72. The van der Waals surface area contributed by atoms with E-state index in [2.05, 4.69) is 15.5 Å². The second-order valence-corrected chi connectivity index (χ2v) is 6.00. The maximum Gasteiger partial charge on any atom is 0.257 e. The molecule has 0 spiro atoms. The lowest BCUT2D eigenvalue weighted by Crippen LogP contribution is -2.04. The van der Waals surface area contributed by atoms with E-state index in [1.807, 2.05) is 36.0 Å². The summed E-state index contributed by atoms with van der Waals surface area (Å²) in [5.74, 6) is 2.56. The number of hydrogen-bond donors (Lipinski definition) is 2. The van der Waals surface area contributed by atoms with Crippen LogP contribution in [0.15, 0.2) is 28.8 Å². The third kappa shape index (κ3) is 2.96. The van der Waals surface area contributed by atoms with Crippen molar-refractivity contribution in [1.82, 2.24) is 10.1 Å². The highest BCUT2D eigenvalue weighted by molar-refractivity contribution is 7.99. The molecule has 2 aromatic rings. The lowest BCUT2D eigenvalue weighted by Gasteiger charge is -2.03. The Hall–Kier alpha value is -1.53. The molecule has 1 atom stereocenters. The molecule has 1 aliphatic heterocycles. The molecule has 1 aromatic carbocycles. The smallest absolute Gasteiger partial charge is 0.257 e. The molecule has 20 heavy (non-hydrogen) atoms. The lowest BCUT2D eigenvalue weighted by atomic mass is 10.2. The van der Waals surface area contributed by atoms with Crippen molar-refractivity contribution < 1.29 is 9.63 Å². The summed E-state index contributed by atoms with van der Waals surface area (Å²) in [4.78, 5) is 4.50. The molecule has 2 heterocycles. The Labute approximate surface area is 121 Å². The second kappa shape index (κ2) is 6.28. The highest BCUT2D eigenvalue weighted by Crippen LogP contribution is 2.38. The third-order valence-corrected chi connectivity index (χ3v) is 4.61. The zero-order chi connectivity index (χ0) is 13.8. The Morgan fingerprint density at radius 1 is 1.35 bits per heavy atom. The van der Waals surface area contributed by atoms with E-state index < -0.39 is 0 Å². The van der Waals surface area contributed by atoms with Crippen molar-refractivity contribution in [3.8, 4) is 11.5 Å². The van der Waals surface area contributed by atoms with Crippen LogP contribution in [-0.2, 0) is 0 Å². The van der Waals surface area contributed by atoms with Gasteiger partial charge in [0.15, 0.2) is 5.82 Å². The third-order valence-electron chi connectivity index (χ3n) is 3.23. The molecule has 1 unspecified atom stereocenters. The van der Waals surface area contributed by atoms with E-state index in [0.29, 0.717) is 17.7 Å². The highest BCUT2D eigenvalue weighted by atomic mass is 32.2. The molecule has 3 rings (SSSR count). The summed E-state index contributed by atoms with van der Waals surface area (Å²) in [6.07, 6.45) is 2.36. The van der Waals surface area contributed by atoms with Crippen molar-refractivity contribution in [3.63, 3.8) is 0 Å². The van der Waals surface area contributed by atoms with Crippen molar-refractivity contribution >= 4 is 17.4 Å². The number of aliphatic hydroxyl groups is 1. The van der Waals surface area contributed by atoms with Crippen molar-refractivity contribution in [2.45, 2.75) is 18.1 Å². The molecule has 0 aliphatic carbocycles. The van der Waals surface area contributed by atoms with Gasteiger partial charge in [0.2, 0.25) is 0 Å². The van der Waals surface area contributed by atoms with Gasteiger partial charge in [-0.2, -0.15) is 16.7 Å². The summed E-state index contributed by atoms with van der Waals surface area (Å²) in [6, 6.07) is 7.77. The summed E-state index contributed by atoms with van der Waals surface area (Å²) in [7, 11) is 0. The molecule has 0 radical (unpaired) electrons. The fourth-order valence-electron chi connectivity index (χ4n) is 2.20. The zero-order valence-electron chi connectivity index (χ0n) is 11.1. The van der Waals surface area contributed by atoms with E-state index in [4.69, 9.17) is 9.63 Å². The summed E-state index contributed by atoms with van der Waals surface area (Å²) in [5, 5.41) is 16.3. The number of rotatable bonds is 5. The van der Waals surface area contributed by atoms with Crippen LogP contribution >= 0.6 is 11.8 Å². The van der Waals surface area contributed by atoms with Gasteiger partial charge in [-0.15, -0.1) is 0 Å². The molecule has 0 saturated carbocycles. The largest absolute Gasteiger partial charge is 0.395 e. The van der Waals surface area contributed by atoms with E-state index >= 15 is 0 Å². The van der Waals surface area contributed by atoms with Gasteiger partial charge in [-0.1, -0.05) is 5.16 Å². The van der Waals surface area contributed by atoms with Crippen molar-refractivity contribution in [1.29, 1.82) is 0 Å². The van der Waals surface area contributed by atoms with E-state index in [-0.39, 0.29) is 6.61 Å². The zero-order valence-corrected chi connectivity index (χ0v) is 11.9. The molecule has 1 fully saturated rings. The van der Waals surface area contributed by atoms with Crippen LogP contribution in [0.4, 0.5) is 5.69 Å². The summed E-state index contributed by atoms with van der Waals surface area (Å²) in [5.41, 5.74) is 1.88. The molecule has 1 saturated heterocycles. The Bertz CT molecular complexity index is 550. The standard InChI is InChI=1S/C14H17N3O2S/c18-8-7-15-11-5-3-10(4-6-11)14-16-13(17-19-14)12-2-1-9-20-12/h3-6,12,15,18H,1-2,7-9H2. The SMILES string of the molecule is OCCNc1ccc(-c2nc(C3CCCS3)no2)cc1. The minimum Gasteiger partial charge on any atom is -0.395 e. The molecule has 5 nitrogen and oxygen atoms in total. The Morgan fingerprint density at radius 2 is 2.20 bits per heavy atom. The van der Waals surface area contributed by atoms with Gasteiger partial charge in [-0.3, -0.25) is 0 Å². The molecule has 1 aliphatic rings. The number of nitrogens with zero attached hydrogens (tertiary/aromatic N) is 2. The number of benzene rings is 1. The van der Waals surface area contributed by atoms with Gasteiger partial charge in [-0.25, -0.2) is 0 Å². The van der Waals surface area contributed by atoms with Crippen LogP contribution in [0.25, 0.3) is 11.5 Å². The van der Waals surface area contributed by atoms with Crippen LogP contribution in [0.3, 0.4) is 0 Å². The number of aliphatic hydroxyl groups excluding tert-OH is 1. The van der Waals surface area contributed by atoms with Crippen molar-refractivity contribution in [2.24, 2.45) is 0 Å². The van der Waals surface area contributed by atoms with Crippen LogP contribution in [0.1, 0.15) is 23.9 Å². The lowest BCUT2D eigenvalue weighted by molar-refractivity contribution is 0.311. The molecule has 1 aromatic heterocycles. The van der Waals surface area contributed by atoms with Gasteiger partial charge in [0, 0.05) is 17.8 Å². The number of thioether (sulfide) groups is 1. The number of hydrogen-bond acceptors (Lipinski definition) is 6. The first-order valence-corrected chi connectivity index (χ1v) is 7.82. The van der Waals surface area contributed by atoms with Gasteiger partial charge < -0.3 is 14.9 Å². The number of nitrogens with one attached hydrogen (secondary N) is 1. The summed E-state index contributed by atoms with van der Waals surface area (Å²) < 4.78 is 5.35. The molecule has 0 amide bonds. The molecule has 106 valence electrons. The molecule has 0 bridgehead atoms. The number of anilines is 1. The van der Waals surface area contributed by atoms with Gasteiger partial charge in [-0.05, 0) is 42.9 Å². The van der Waals surface area contributed by atoms with Crippen LogP contribution < -0.4 is 5.32 Å². The minimum absolute atomic E-state index is 0.119. The summed E-state index contributed by atoms with van der Waals surface area (Å²) in [6.45, 7) is 0.663. The quantitative estimate of drug-likeness (QED) is 0.882. The van der Waals surface area contributed by atoms with Crippen molar-refractivity contribution in [2.75, 3.05) is 24.2 Å². The average molecular weight is 291 g/mol. The maximum atomic E-state index is 8.77. The van der Waals surface area contributed by atoms with Crippen LogP contribution in [0.5, 0.6) is 0 Å². The Kier molecular flexibility index (Phi) is 4.22. The average Bonchev–Trinajstić information content (AvgIpc) is 3.16. The predicted molar refractivity (Wildman–Crippen MR) is 79.7 cm³/mol.